The fraction of sp³-hybridized carbons (Fsp3) is 0.933. The van der Waals surface area contributed by atoms with Gasteiger partial charge in [0.15, 0.2) is 0 Å². The quantitative estimate of drug-likeness (QED) is 0.863. The molecule has 0 radical (unpaired) electrons. The summed E-state index contributed by atoms with van der Waals surface area (Å²) >= 11 is 0. The van der Waals surface area contributed by atoms with Gasteiger partial charge in [-0.25, -0.2) is 0 Å². The zero-order chi connectivity index (χ0) is 13.8. The summed E-state index contributed by atoms with van der Waals surface area (Å²) in [6.45, 7) is 11.8. The van der Waals surface area contributed by atoms with Gasteiger partial charge in [0.2, 0.25) is 5.91 Å². The van der Waals surface area contributed by atoms with Crippen LogP contribution < -0.4 is 5.32 Å². The predicted octanol–water partition coefficient (Wildman–Crippen LogP) is 2.94. The zero-order valence-electron chi connectivity index (χ0n) is 13.2. The van der Waals surface area contributed by atoms with Crippen LogP contribution in [0, 0.1) is 17.3 Å². The van der Waals surface area contributed by atoms with Gasteiger partial charge in [0, 0.05) is 19.5 Å². The fourth-order valence-corrected chi connectivity index (χ4v) is 2.37. The molecule has 0 saturated carbocycles. The van der Waals surface area contributed by atoms with Crippen molar-refractivity contribution in [1.82, 2.24) is 10.2 Å². The Morgan fingerprint density at radius 2 is 1.84 bits per heavy atom. The van der Waals surface area contributed by atoms with Gasteiger partial charge in [-0.15, -0.1) is 12.4 Å². The predicted molar refractivity (Wildman–Crippen MR) is 83.7 cm³/mol. The van der Waals surface area contributed by atoms with E-state index in [1.807, 2.05) is 7.05 Å². The molecule has 1 aliphatic rings. The number of nitrogens with one attached hydrogen (secondary N) is 1. The molecule has 1 heterocycles. The third-order valence-corrected chi connectivity index (χ3v) is 4.42. The number of rotatable bonds is 4. The lowest BCUT2D eigenvalue weighted by molar-refractivity contribution is -0.134. The van der Waals surface area contributed by atoms with E-state index < -0.39 is 0 Å². The van der Waals surface area contributed by atoms with Crippen LogP contribution in [0.1, 0.15) is 47.0 Å². The van der Waals surface area contributed by atoms with Crippen LogP contribution in [0.25, 0.3) is 0 Å². The van der Waals surface area contributed by atoms with Gasteiger partial charge in [-0.3, -0.25) is 4.79 Å². The average molecular weight is 291 g/mol. The molecule has 4 heteroatoms. The summed E-state index contributed by atoms with van der Waals surface area (Å²) in [5.41, 5.74) is 0.222. The number of likely N-dealkylation sites (tertiary alicyclic amines) is 1. The Hall–Kier alpha value is -0.280. The van der Waals surface area contributed by atoms with Crippen LogP contribution in [0.5, 0.6) is 0 Å². The highest BCUT2D eigenvalue weighted by Crippen LogP contribution is 2.29. The minimum Gasteiger partial charge on any atom is -0.343 e. The second kappa shape index (κ2) is 8.11. The Morgan fingerprint density at radius 1 is 1.32 bits per heavy atom. The highest BCUT2D eigenvalue weighted by atomic mass is 35.5. The average Bonchev–Trinajstić information content (AvgIpc) is 2.29. The Morgan fingerprint density at radius 3 is 2.26 bits per heavy atom. The maximum Gasteiger partial charge on any atom is 0.222 e. The second-order valence-electron chi connectivity index (χ2n) is 6.85. The van der Waals surface area contributed by atoms with E-state index in [9.17, 15) is 4.79 Å². The molecule has 1 rings (SSSR count). The largest absolute Gasteiger partial charge is 0.343 e. The number of carbonyl (C=O) groups is 1. The molecule has 0 spiro atoms. The van der Waals surface area contributed by atoms with Crippen LogP contribution >= 0.6 is 12.4 Å². The van der Waals surface area contributed by atoms with E-state index in [4.69, 9.17) is 0 Å². The van der Waals surface area contributed by atoms with Crippen molar-refractivity contribution in [3.8, 4) is 0 Å². The summed E-state index contributed by atoms with van der Waals surface area (Å²) in [6.07, 6.45) is 2.99. The smallest absolute Gasteiger partial charge is 0.222 e. The topological polar surface area (TPSA) is 32.3 Å². The number of hydrogen-bond donors (Lipinski definition) is 1. The van der Waals surface area contributed by atoms with Gasteiger partial charge in [0.1, 0.15) is 0 Å². The molecule has 0 aromatic heterocycles. The number of piperidine rings is 1. The van der Waals surface area contributed by atoms with Gasteiger partial charge in [0.25, 0.3) is 0 Å². The van der Waals surface area contributed by atoms with Crippen LogP contribution in [0.15, 0.2) is 0 Å². The number of hydrogen-bond acceptors (Lipinski definition) is 2. The second-order valence-corrected chi connectivity index (χ2v) is 6.85. The van der Waals surface area contributed by atoms with Crippen molar-refractivity contribution < 1.29 is 4.79 Å². The molecule has 114 valence electrons. The summed E-state index contributed by atoms with van der Waals surface area (Å²) in [5, 5.41) is 3.23. The van der Waals surface area contributed by atoms with Gasteiger partial charge in [0.05, 0.1) is 0 Å². The first kappa shape index (κ1) is 18.7. The lowest BCUT2D eigenvalue weighted by Gasteiger charge is -2.34. The summed E-state index contributed by atoms with van der Waals surface area (Å²) in [7, 11) is 2.00. The van der Waals surface area contributed by atoms with Crippen molar-refractivity contribution in [3.63, 3.8) is 0 Å². The summed E-state index contributed by atoms with van der Waals surface area (Å²) < 4.78 is 0. The van der Waals surface area contributed by atoms with Crippen LogP contribution in [-0.2, 0) is 4.79 Å². The van der Waals surface area contributed by atoms with Gasteiger partial charge >= 0.3 is 0 Å². The van der Waals surface area contributed by atoms with E-state index in [-0.39, 0.29) is 17.8 Å². The number of halogens is 1. The molecule has 0 bridgehead atoms. The lowest BCUT2D eigenvalue weighted by atomic mass is 9.80. The fourth-order valence-electron chi connectivity index (χ4n) is 2.37. The third kappa shape index (κ3) is 6.13. The molecular weight excluding hydrogens is 260 g/mol. The van der Waals surface area contributed by atoms with Gasteiger partial charge in [-0.05, 0) is 43.7 Å². The summed E-state index contributed by atoms with van der Waals surface area (Å²) in [5.74, 6) is 1.54. The Bertz CT molecular complexity index is 268. The molecule has 1 saturated heterocycles. The number of nitrogens with zero attached hydrogens (tertiary/aromatic N) is 1. The summed E-state index contributed by atoms with van der Waals surface area (Å²) in [6, 6.07) is 0. The first-order valence-corrected chi connectivity index (χ1v) is 7.27. The first-order valence-electron chi connectivity index (χ1n) is 7.27. The SMILES string of the molecule is CNCC1CCN(C(=O)CC(C)C(C)(C)C)CC1.Cl. The number of amides is 1. The van der Waals surface area contributed by atoms with E-state index in [1.54, 1.807) is 0 Å². The van der Waals surface area contributed by atoms with Crippen molar-refractivity contribution in [2.75, 3.05) is 26.7 Å². The maximum absolute atomic E-state index is 12.2. The molecule has 19 heavy (non-hydrogen) atoms. The first-order chi connectivity index (χ1) is 8.34. The third-order valence-electron chi connectivity index (χ3n) is 4.42. The van der Waals surface area contributed by atoms with E-state index in [0.717, 1.165) is 38.4 Å². The minimum absolute atomic E-state index is 0. The molecule has 1 N–H and O–H groups in total. The van der Waals surface area contributed by atoms with Crippen LogP contribution in [-0.4, -0.2) is 37.5 Å². The monoisotopic (exact) mass is 290 g/mol. The molecule has 0 aromatic carbocycles. The van der Waals surface area contributed by atoms with E-state index in [2.05, 4.69) is 37.9 Å². The molecule has 1 aliphatic heterocycles. The number of carbonyl (C=O) groups excluding carboxylic acids is 1. The van der Waals surface area contributed by atoms with Crippen molar-refractivity contribution in [1.29, 1.82) is 0 Å². The molecule has 0 aromatic rings. The molecule has 1 amide bonds. The molecular formula is C15H31ClN2O. The van der Waals surface area contributed by atoms with Gasteiger partial charge in [-0.1, -0.05) is 27.7 Å². The zero-order valence-corrected chi connectivity index (χ0v) is 14.0. The minimum atomic E-state index is 0. The van der Waals surface area contributed by atoms with E-state index >= 15 is 0 Å². The highest BCUT2D eigenvalue weighted by Gasteiger charge is 2.27. The van der Waals surface area contributed by atoms with E-state index in [1.165, 1.54) is 0 Å². The van der Waals surface area contributed by atoms with Crippen LogP contribution in [0.3, 0.4) is 0 Å². The highest BCUT2D eigenvalue weighted by molar-refractivity contribution is 5.85. The molecule has 0 aliphatic carbocycles. The Balaban J connectivity index is 0.00000324. The molecule has 1 atom stereocenters. The van der Waals surface area contributed by atoms with Crippen molar-refractivity contribution in [2.45, 2.75) is 47.0 Å². The normalized spacial score (nSPS) is 18.9. The maximum atomic E-state index is 12.2. The van der Waals surface area contributed by atoms with E-state index in [0.29, 0.717) is 18.2 Å². The molecule has 1 fully saturated rings. The summed E-state index contributed by atoms with van der Waals surface area (Å²) in [4.78, 5) is 14.3. The van der Waals surface area contributed by atoms with Crippen molar-refractivity contribution in [3.05, 3.63) is 0 Å². The van der Waals surface area contributed by atoms with Crippen LogP contribution in [0.2, 0.25) is 0 Å². The standard InChI is InChI=1S/C15H30N2O.ClH/c1-12(15(2,3)4)10-14(18)17-8-6-13(7-9-17)11-16-5;/h12-13,16H,6-11H2,1-5H3;1H. The Kier molecular flexibility index (Phi) is 7.99. The molecule has 1 unspecified atom stereocenters. The molecule has 3 nitrogen and oxygen atoms in total. The van der Waals surface area contributed by atoms with Crippen molar-refractivity contribution >= 4 is 18.3 Å². The van der Waals surface area contributed by atoms with Gasteiger partial charge in [-0.2, -0.15) is 0 Å². The van der Waals surface area contributed by atoms with Gasteiger partial charge < -0.3 is 10.2 Å². The lowest BCUT2D eigenvalue weighted by Crippen LogP contribution is -2.41. The van der Waals surface area contributed by atoms with Crippen molar-refractivity contribution in [2.24, 2.45) is 17.3 Å². The Labute approximate surface area is 124 Å². The van der Waals surface area contributed by atoms with Crippen LogP contribution in [0.4, 0.5) is 0 Å².